The van der Waals surface area contributed by atoms with E-state index in [1.54, 1.807) is 19.9 Å². The molecule has 0 aliphatic heterocycles. The van der Waals surface area contributed by atoms with E-state index in [1.807, 2.05) is 35.7 Å². The number of hydrogen-bond acceptors (Lipinski definition) is 5. The van der Waals surface area contributed by atoms with E-state index in [0.29, 0.717) is 10.7 Å². The molecule has 1 aromatic heterocycles. The second-order valence-corrected chi connectivity index (χ2v) is 10.1. The van der Waals surface area contributed by atoms with Crippen LogP contribution in [0.5, 0.6) is 0 Å². The number of amides is 1. The normalized spacial score (nSPS) is 11.6. The smallest absolute Gasteiger partial charge is 0.260 e. The highest BCUT2D eigenvalue weighted by molar-refractivity contribution is 7.89. The first-order chi connectivity index (χ1) is 14.8. The standard InChI is InChI=1S/C23H25N3O3S2/c1-5-15-26(23-24-21(16-30-23)18-9-7-6-8-10-18)22(27)19-11-13-20(14-12-19)31(28,29)25(4)17(2)3/h5-14,16-17H,1,15H2,2-4H3. The van der Waals surface area contributed by atoms with Crippen molar-refractivity contribution in [3.8, 4) is 11.3 Å². The molecule has 0 unspecified atom stereocenters. The third-order valence-electron chi connectivity index (χ3n) is 4.85. The molecular weight excluding hydrogens is 430 g/mol. The third-order valence-corrected chi connectivity index (χ3v) is 7.77. The minimum atomic E-state index is -3.61. The van der Waals surface area contributed by atoms with Gasteiger partial charge >= 0.3 is 0 Å². The van der Waals surface area contributed by atoms with Crippen LogP contribution in [-0.4, -0.2) is 43.2 Å². The number of sulfonamides is 1. The van der Waals surface area contributed by atoms with Crippen LogP contribution in [0.3, 0.4) is 0 Å². The summed E-state index contributed by atoms with van der Waals surface area (Å²) in [7, 11) is -2.07. The molecule has 31 heavy (non-hydrogen) atoms. The zero-order chi connectivity index (χ0) is 22.6. The monoisotopic (exact) mass is 455 g/mol. The summed E-state index contributed by atoms with van der Waals surface area (Å²) in [5.74, 6) is -0.268. The first kappa shape index (κ1) is 22.9. The van der Waals surface area contributed by atoms with Gasteiger partial charge in [0.15, 0.2) is 5.13 Å². The molecule has 0 bridgehead atoms. The van der Waals surface area contributed by atoms with Gasteiger partial charge in [0.05, 0.1) is 10.6 Å². The molecule has 0 radical (unpaired) electrons. The summed E-state index contributed by atoms with van der Waals surface area (Å²) in [5, 5.41) is 2.46. The van der Waals surface area contributed by atoms with Gasteiger partial charge in [-0.3, -0.25) is 9.69 Å². The Bertz CT molecular complexity index is 1150. The van der Waals surface area contributed by atoms with Crippen molar-refractivity contribution in [2.75, 3.05) is 18.5 Å². The van der Waals surface area contributed by atoms with E-state index in [1.165, 1.54) is 51.9 Å². The Morgan fingerprint density at radius 2 is 1.77 bits per heavy atom. The predicted octanol–water partition coefficient (Wildman–Crippen LogP) is 4.67. The highest BCUT2D eigenvalue weighted by atomic mass is 32.2. The van der Waals surface area contributed by atoms with Crippen molar-refractivity contribution in [2.24, 2.45) is 0 Å². The average Bonchev–Trinajstić information content (AvgIpc) is 3.27. The van der Waals surface area contributed by atoms with Crippen molar-refractivity contribution in [3.05, 3.63) is 78.2 Å². The van der Waals surface area contributed by atoms with Crippen molar-refractivity contribution < 1.29 is 13.2 Å². The predicted molar refractivity (Wildman–Crippen MR) is 126 cm³/mol. The van der Waals surface area contributed by atoms with Crippen LogP contribution in [0.2, 0.25) is 0 Å². The second-order valence-electron chi connectivity index (χ2n) is 7.23. The van der Waals surface area contributed by atoms with Crippen LogP contribution in [0.25, 0.3) is 11.3 Å². The lowest BCUT2D eigenvalue weighted by atomic mass is 10.2. The number of aromatic nitrogens is 1. The van der Waals surface area contributed by atoms with Crippen LogP contribution in [0.1, 0.15) is 24.2 Å². The Balaban J connectivity index is 1.87. The fourth-order valence-corrected chi connectivity index (χ4v) is 5.09. The molecule has 162 valence electrons. The molecule has 1 amide bonds. The first-order valence-corrected chi connectivity index (χ1v) is 12.1. The van der Waals surface area contributed by atoms with E-state index in [0.717, 1.165) is 11.3 Å². The summed E-state index contributed by atoms with van der Waals surface area (Å²) in [5.41, 5.74) is 2.14. The van der Waals surface area contributed by atoms with Gasteiger partial charge in [0.1, 0.15) is 0 Å². The molecule has 0 atom stereocenters. The maximum absolute atomic E-state index is 13.2. The van der Waals surface area contributed by atoms with Crippen LogP contribution in [-0.2, 0) is 10.0 Å². The highest BCUT2D eigenvalue weighted by Gasteiger charge is 2.24. The fraction of sp³-hybridized carbons (Fsp3) is 0.217. The number of carbonyl (C=O) groups excluding carboxylic acids is 1. The van der Waals surface area contributed by atoms with Crippen LogP contribution >= 0.6 is 11.3 Å². The Morgan fingerprint density at radius 1 is 1.13 bits per heavy atom. The minimum absolute atomic E-state index is 0.149. The SMILES string of the molecule is C=CCN(C(=O)c1ccc(S(=O)(=O)N(C)C(C)C)cc1)c1nc(-c2ccccc2)cs1. The molecule has 6 nitrogen and oxygen atoms in total. The van der Waals surface area contributed by atoms with Gasteiger partial charge in [0.2, 0.25) is 10.0 Å². The van der Waals surface area contributed by atoms with Gasteiger partial charge in [-0.25, -0.2) is 13.4 Å². The van der Waals surface area contributed by atoms with Crippen molar-refractivity contribution in [1.29, 1.82) is 0 Å². The topological polar surface area (TPSA) is 70.6 Å². The number of rotatable bonds is 8. The first-order valence-electron chi connectivity index (χ1n) is 9.77. The Morgan fingerprint density at radius 3 is 2.35 bits per heavy atom. The van der Waals surface area contributed by atoms with Gasteiger partial charge in [-0.15, -0.1) is 17.9 Å². The number of nitrogens with zero attached hydrogens (tertiary/aromatic N) is 3. The largest absolute Gasteiger partial charge is 0.280 e. The molecule has 1 heterocycles. The van der Waals surface area contributed by atoms with Crippen LogP contribution in [0.15, 0.2) is 77.5 Å². The van der Waals surface area contributed by atoms with Gasteiger partial charge in [-0.05, 0) is 38.1 Å². The van der Waals surface area contributed by atoms with Crippen molar-refractivity contribution in [1.82, 2.24) is 9.29 Å². The fourth-order valence-electron chi connectivity index (χ4n) is 2.88. The minimum Gasteiger partial charge on any atom is -0.280 e. The molecule has 0 aliphatic rings. The molecule has 0 N–H and O–H groups in total. The maximum Gasteiger partial charge on any atom is 0.260 e. The summed E-state index contributed by atoms with van der Waals surface area (Å²) < 4.78 is 26.6. The lowest BCUT2D eigenvalue weighted by molar-refractivity contribution is 0.0989. The summed E-state index contributed by atoms with van der Waals surface area (Å²) in [6, 6.07) is 15.6. The third kappa shape index (κ3) is 4.92. The van der Waals surface area contributed by atoms with Gasteiger partial charge in [-0.2, -0.15) is 4.31 Å². The molecule has 8 heteroatoms. The molecule has 2 aromatic carbocycles. The summed E-state index contributed by atoms with van der Waals surface area (Å²) in [4.78, 5) is 19.5. The number of carbonyl (C=O) groups is 1. The molecule has 0 aliphatic carbocycles. The summed E-state index contributed by atoms with van der Waals surface area (Å²) in [6.45, 7) is 7.65. The van der Waals surface area contributed by atoms with E-state index >= 15 is 0 Å². The van der Waals surface area contributed by atoms with Gasteiger partial charge in [-0.1, -0.05) is 36.4 Å². The molecule has 3 rings (SSSR count). The lowest BCUT2D eigenvalue weighted by Crippen LogP contribution is -2.33. The second kappa shape index (κ2) is 9.55. The Hall–Kier alpha value is -2.81. The number of anilines is 1. The molecule has 0 spiro atoms. The van der Waals surface area contributed by atoms with Crippen molar-refractivity contribution >= 4 is 32.4 Å². The van der Waals surface area contributed by atoms with Gasteiger partial charge in [0, 0.05) is 36.1 Å². The van der Waals surface area contributed by atoms with Crippen molar-refractivity contribution in [2.45, 2.75) is 24.8 Å². The van der Waals surface area contributed by atoms with E-state index in [4.69, 9.17) is 0 Å². The molecule has 3 aromatic rings. The molecule has 0 saturated heterocycles. The van der Waals surface area contributed by atoms with Crippen LogP contribution in [0, 0.1) is 0 Å². The Labute approximate surface area is 187 Å². The van der Waals surface area contributed by atoms with E-state index in [2.05, 4.69) is 11.6 Å². The van der Waals surface area contributed by atoms with Gasteiger partial charge in [0.25, 0.3) is 5.91 Å². The summed E-state index contributed by atoms with van der Waals surface area (Å²) >= 11 is 1.37. The molecular formula is C23H25N3O3S2. The summed E-state index contributed by atoms with van der Waals surface area (Å²) in [6.07, 6.45) is 1.64. The van der Waals surface area contributed by atoms with E-state index in [9.17, 15) is 13.2 Å². The Kier molecular flexibility index (Phi) is 7.04. The van der Waals surface area contributed by atoms with E-state index in [-0.39, 0.29) is 23.4 Å². The van der Waals surface area contributed by atoms with Crippen LogP contribution < -0.4 is 4.90 Å². The quantitative estimate of drug-likeness (QED) is 0.463. The molecule has 0 saturated carbocycles. The zero-order valence-electron chi connectivity index (χ0n) is 17.7. The number of hydrogen-bond donors (Lipinski definition) is 0. The number of benzene rings is 2. The zero-order valence-corrected chi connectivity index (χ0v) is 19.4. The highest BCUT2D eigenvalue weighted by Crippen LogP contribution is 2.28. The lowest BCUT2D eigenvalue weighted by Gasteiger charge is -2.21. The van der Waals surface area contributed by atoms with Crippen molar-refractivity contribution in [3.63, 3.8) is 0 Å². The van der Waals surface area contributed by atoms with Gasteiger partial charge < -0.3 is 0 Å². The average molecular weight is 456 g/mol. The maximum atomic E-state index is 13.2. The molecule has 0 fully saturated rings. The van der Waals surface area contributed by atoms with E-state index < -0.39 is 10.0 Å². The number of thiazole rings is 1. The van der Waals surface area contributed by atoms with Crippen LogP contribution in [0.4, 0.5) is 5.13 Å².